The fourth-order valence-corrected chi connectivity index (χ4v) is 4.82. The van der Waals surface area contributed by atoms with Crippen molar-refractivity contribution in [2.75, 3.05) is 6.61 Å². The second-order valence-electron chi connectivity index (χ2n) is 8.33. The monoisotopic (exact) mass is 407 g/mol. The fourth-order valence-electron chi connectivity index (χ4n) is 4.82. The van der Waals surface area contributed by atoms with Crippen LogP contribution >= 0.6 is 0 Å². The predicted octanol–water partition coefficient (Wildman–Crippen LogP) is 4.91. The Morgan fingerprint density at radius 1 is 1.13 bits per heavy atom. The zero-order valence-corrected chi connectivity index (χ0v) is 17.0. The van der Waals surface area contributed by atoms with E-state index in [9.17, 15) is 9.59 Å². The highest BCUT2D eigenvalue weighted by molar-refractivity contribution is 5.95. The Hall–Kier alpha value is -2.95. The van der Waals surface area contributed by atoms with Crippen LogP contribution in [-0.4, -0.2) is 35.7 Å². The topological polar surface area (TPSA) is 46.6 Å². The van der Waals surface area contributed by atoms with Crippen LogP contribution in [0.15, 0.2) is 72.8 Å². The molecule has 0 N–H and O–H groups in total. The standard InChI is InChI=1S/C25H26FNO3/c1-16-13-17(2)23(26)22(19-11-7-4-8-12-19)21(16)24(28)27-20(15-30-25(27)29)14-18-9-5-3-6-10-18/h3-12,16,20-23H,2,13-15H2,1H3/t16-,20-,21+,22+,23+/m1/s1. The first-order valence-corrected chi connectivity index (χ1v) is 10.4. The Bertz CT molecular complexity index is 930. The van der Waals surface area contributed by atoms with Gasteiger partial charge in [-0.25, -0.2) is 14.1 Å². The summed E-state index contributed by atoms with van der Waals surface area (Å²) in [6, 6.07) is 18.5. The van der Waals surface area contributed by atoms with E-state index in [2.05, 4.69) is 6.58 Å². The van der Waals surface area contributed by atoms with Gasteiger partial charge in [0.1, 0.15) is 12.8 Å². The van der Waals surface area contributed by atoms with Crippen molar-refractivity contribution < 1.29 is 18.7 Å². The van der Waals surface area contributed by atoms with Crippen molar-refractivity contribution in [3.05, 3.63) is 83.9 Å². The Morgan fingerprint density at radius 3 is 2.43 bits per heavy atom. The Morgan fingerprint density at radius 2 is 1.77 bits per heavy atom. The Labute approximate surface area is 176 Å². The molecule has 30 heavy (non-hydrogen) atoms. The van der Waals surface area contributed by atoms with Gasteiger partial charge in [-0.3, -0.25) is 4.79 Å². The lowest BCUT2D eigenvalue weighted by molar-refractivity contribution is -0.137. The van der Waals surface area contributed by atoms with Crippen molar-refractivity contribution in [3.8, 4) is 0 Å². The number of cyclic esters (lactones) is 1. The molecule has 0 radical (unpaired) electrons. The van der Waals surface area contributed by atoms with E-state index in [1.807, 2.05) is 67.6 Å². The van der Waals surface area contributed by atoms with Crippen LogP contribution in [0.2, 0.25) is 0 Å². The zero-order chi connectivity index (χ0) is 21.3. The fraction of sp³-hybridized carbons (Fsp3) is 0.360. The molecular formula is C25H26FNO3. The molecule has 1 aliphatic carbocycles. The van der Waals surface area contributed by atoms with Crippen LogP contribution in [-0.2, 0) is 16.0 Å². The number of hydrogen-bond donors (Lipinski definition) is 0. The largest absolute Gasteiger partial charge is 0.447 e. The summed E-state index contributed by atoms with van der Waals surface area (Å²) in [7, 11) is 0. The smallest absolute Gasteiger partial charge is 0.416 e. The van der Waals surface area contributed by atoms with Crippen LogP contribution in [0.1, 0.15) is 30.4 Å². The quantitative estimate of drug-likeness (QED) is 0.677. The maximum atomic E-state index is 15.4. The second-order valence-corrected chi connectivity index (χ2v) is 8.33. The first kappa shape index (κ1) is 20.3. The highest BCUT2D eigenvalue weighted by atomic mass is 19.1. The van der Waals surface area contributed by atoms with Gasteiger partial charge in [-0.1, -0.05) is 74.2 Å². The Balaban J connectivity index is 1.66. The van der Waals surface area contributed by atoms with Gasteiger partial charge < -0.3 is 4.74 Å². The number of amides is 2. The highest BCUT2D eigenvalue weighted by Crippen LogP contribution is 2.46. The van der Waals surface area contributed by atoms with Crippen LogP contribution in [0.25, 0.3) is 0 Å². The molecule has 2 aromatic carbocycles. The highest BCUT2D eigenvalue weighted by Gasteiger charge is 2.49. The van der Waals surface area contributed by atoms with Crippen molar-refractivity contribution in [2.45, 2.75) is 37.9 Å². The minimum atomic E-state index is -1.33. The van der Waals surface area contributed by atoms with Gasteiger partial charge in [0, 0.05) is 5.92 Å². The van der Waals surface area contributed by atoms with Gasteiger partial charge in [-0.15, -0.1) is 0 Å². The summed E-state index contributed by atoms with van der Waals surface area (Å²) in [5.41, 5.74) is 2.28. The molecule has 0 bridgehead atoms. The minimum Gasteiger partial charge on any atom is -0.447 e. The molecule has 156 valence electrons. The summed E-state index contributed by atoms with van der Waals surface area (Å²) in [5, 5.41) is 0. The molecule has 2 aromatic rings. The molecule has 0 spiro atoms. The normalized spacial score (nSPS) is 29.0. The van der Waals surface area contributed by atoms with Crippen LogP contribution in [0.3, 0.4) is 0 Å². The summed E-state index contributed by atoms with van der Waals surface area (Å²) in [6.45, 7) is 6.00. The molecule has 1 saturated heterocycles. The molecule has 5 atom stereocenters. The molecular weight excluding hydrogens is 381 g/mol. The molecule has 4 rings (SSSR count). The minimum absolute atomic E-state index is 0.131. The van der Waals surface area contributed by atoms with E-state index in [1.165, 1.54) is 4.90 Å². The lowest BCUT2D eigenvalue weighted by Gasteiger charge is -2.41. The van der Waals surface area contributed by atoms with E-state index >= 15 is 4.39 Å². The van der Waals surface area contributed by atoms with E-state index in [4.69, 9.17) is 4.74 Å². The van der Waals surface area contributed by atoms with Crippen molar-refractivity contribution in [1.82, 2.24) is 4.90 Å². The third-order valence-electron chi connectivity index (χ3n) is 6.27. The third-order valence-corrected chi connectivity index (χ3v) is 6.27. The average Bonchev–Trinajstić information content (AvgIpc) is 3.11. The maximum Gasteiger partial charge on any atom is 0.416 e. The first-order chi connectivity index (χ1) is 14.5. The van der Waals surface area contributed by atoms with Crippen molar-refractivity contribution in [2.24, 2.45) is 11.8 Å². The molecule has 0 unspecified atom stereocenters. The summed E-state index contributed by atoms with van der Waals surface area (Å²) in [4.78, 5) is 27.4. The number of ether oxygens (including phenoxy) is 1. The number of carbonyl (C=O) groups excluding carboxylic acids is 2. The number of allylic oxidation sites excluding steroid dienone is 1. The summed E-state index contributed by atoms with van der Waals surface area (Å²) < 4.78 is 20.6. The summed E-state index contributed by atoms with van der Waals surface area (Å²) in [6.07, 6.45) is -1.03. The van der Waals surface area contributed by atoms with Crippen LogP contribution < -0.4 is 0 Å². The molecule has 4 nitrogen and oxygen atoms in total. The summed E-state index contributed by atoms with van der Waals surface area (Å²) in [5.74, 6) is -1.81. The molecule has 2 aliphatic rings. The van der Waals surface area contributed by atoms with Gasteiger partial charge in [0.05, 0.1) is 12.0 Å². The molecule has 1 saturated carbocycles. The van der Waals surface area contributed by atoms with Crippen LogP contribution in [0.4, 0.5) is 9.18 Å². The number of alkyl halides is 1. The number of halogens is 1. The van der Waals surface area contributed by atoms with E-state index in [-0.39, 0.29) is 24.5 Å². The lowest BCUT2D eigenvalue weighted by atomic mass is 9.67. The molecule has 1 aliphatic heterocycles. The van der Waals surface area contributed by atoms with Gasteiger partial charge in [0.2, 0.25) is 5.91 Å². The van der Waals surface area contributed by atoms with Gasteiger partial charge in [-0.05, 0) is 35.5 Å². The van der Waals surface area contributed by atoms with E-state index in [0.717, 1.165) is 11.1 Å². The number of nitrogens with zero attached hydrogens (tertiary/aromatic N) is 1. The van der Waals surface area contributed by atoms with Crippen molar-refractivity contribution in [3.63, 3.8) is 0 Å². The number of rotatable bonds is 4. The lowest BCUT2D eigenvalue weighted by Crippen LogP contribution is -2.49. The van der Waals surface area contributed by atoms with Crippen LogP contribution in [0, 0.1) is 11.8 Å². The molecule has 0 aromatic heterocycles. The number of benzene rings is 2. The molecule has 2 amide bonds. The second kappa shape index (κ2) is 8.42. The van der Waals surface area contributed by atoms with E-state index < -0.39 is 24.1 Å². The van der Waals surface area contributed by atoms with E-state index in [1.54, 1.807) is 0 Å². The number of imide groups is 1. The first-order valence-electron chi connectivity index (χ1n) is 10.4. The van der Waals surface area contributed by atoms with Gasteiger partial charge in [-0.2, -0.15) is 0 Å². The van der Waals surface area contributed by atoms with E-state index in [0.29, 0.717) is 18.4 Å². The zero-order valence-electron chi connectivity index (χ0n) is 17.0. The van der Waals surface area contributed by atoms with Crippen molar-refractivity contribution in [1.29, 1.82) is 0 Å². The number of carbonyl (C=O) groups is 2. The van der Waals surface area contributed by atoms with Crippen LogP contribution in [0.5, 0.6) is 0 Å². The van der Waals surface area contributed by atoms with Gasteiger partial charge >= 0.3 is 6.09 Å². The third kappa shape index (κ3) is 3.76. The van der Waals surface area contributed by atoms with Gasteiger partial charge in [0.25, 0.3) is 0 Å². The SMILES string of the molecule is C=C1C[C@@H](C)[C@H](C(=O)N2C(=O)OC[C@H]2Cc2ccccc2)[C@H](c2ccccc2)[C@H]1F. The summed E-state index contributed by atoms with van der Waals surface area (Å²) >= 11 is 0. The molecule has 5 heteroatoms. The van der Waals surface area contributed by atoms with Gasteiger partial charge in [0.15, 0.2) is 0 Å². The molecule has 2 fully saturated rings. The predicted molar refractivity (Wildman–Crippen MR) is 113 cm³/mol. The van der Waals surface area contributed by atoms with Crippen molar-refractivity contribution >= 4 is 12.0 Å². The Kier molecular flexibility index (Phi) is 5.71. The average molecular weight is 407 g/mol. The number of hydrogen-bond acceptors (Lipinski definition) is 3. The molecule has 1 heterocycles. The maximum absolute atomic E-state index is 15.4.